The number of primary amides is 1. The number of carbonyl (C=O) groups is 1. The van der Waals surface area contributed by atoms with Gasteiger partial charge in [0.05, 0.1) is 11.1 Å². The maximum Gasteiger partial charge on any atom is 0.332 e. The molecule has 0 saturated heterocycles. The van der Waals surface area contributed by atoms with E-state index in [4.69, 9.17) is 15.2 Å². The number of non-ortho nitro benzene ring substituents is 1. The zero-order valence-corrected chi connectivity index (χ0v) is 13.1. The molecule has 0 fully saturated rings. The smallest absolute Gasteiger partial charge is 0.332 e. The molecule has 0 heterocycles. The minimum absolute atomic E-state index is 0.00128. The lowest BCUT2D eigenvalue weighted by Gasteiger charge is -2.10. The molecule has 0 radical (unpaired) electrons. The molecule has 9 heteroatoms. The summed E-state index contributed by atoms with van der Waals surface area (Å²) >= 11 is 0. The molecular weight excluding hydrogens is 328 g/mol. The van der Waals surface area contributed by atoms with Crippen LogP contribution in [-0.2, 0) is 0 Å². The molecular formula is C16H16N4O5. The number of nitro benzene ring substituents is 1. The fourth-order valence-electron chi connectivity index (χ4n) is 1.86. The Morgan fingerprint density at radius 3 is 2.52 bits per heavy atom. The lowest BCUT2D eigenvalue weighted by molar-refractivity contribution is -0.384. The van der Waals surface area contributed by atoms with Crippen molar-refractivity contribution in [2.24, 2.45) is 10.8 Å². The van der Waals surface area contributed by atoms with Gasteiger partial charge in [-0.05, 0) is 24.3 Å². The van der Waals surface area contributed by atoms with E-state index in [2.05, 4.69) is 10.5 Å². The van der Waals surface area contributed by atoms with Gasteiger partial charge in [-0.25, -0.2) is 10.2 Å². The predicted molar refractivity (Wildman–Crippen MR) is 90.8 cm³/mol. The summed E-state index contributed by atoms with van der Waals surface area (Å²) in [5.41, 5.74) is 7.69. The molecule has 0 saturated carbocycles. The Labute approximate surface area is 143 Å². The summed E-state index contributed by atoms with van der Waals surface area (Å²) in [6, 6.07) is 12.1. The third-order valence-corrected chi connectivity index (χ3v) is 2.95. The number of amides is 2. The number of benzene rings is 2. The van der Waals surface area contributed by atoms with Crippen LogP contribution in [-0.4, -0.2) is 30.4 Å². The van der Waals surface area contributed by atoms with E-state index >= 15 is 0 Å². The number of ether oxygens (including phenoxy) is 2. The lowest BCUT2D eigenvalue weighted by atomic mass is 10.2. The molecule has 0 aromatic heterocycles. The summed E-state index contributed by atoms with van der Waals surface area (Å²) in [5, 5.41) is 14.3. The molecule has 3 N–H and O–H groups in total. The highest BCUT2D eigenvalue weighted by Crippen LogP contribution is 2.18. The van der Waals surface area contributed by atoms with Crippen LogP contribution in [0.2, 0.25) is 0 Å². The minimum Gasteiger partial charge on any atom is -0.490 e. The first kappa shape index (κ1) is 17.7. The van der Waals surface area contributed by atoms with Crippen LogP contribution in [0.1, 0.15) is 5.56 Å². The molecule has 2 rings (SSSR count). The van der Waals surface area contributed by atoms with Crippen molar-refractivity contribution in [1.29, 1.82) is 0 Å². The highest BCUT2D eigenvalue weighted by Gasteiger charge is 2.05. The van der Waals surface area contributed by atoms with Crippen LogP contribution < -0.4 is 20.6 Å². The SMILES string of the molecule is NC(=O)N/N=C\c1ccccc1OCCOc1ccc([N+](=O)[O-])cc1. The van der Waals surface area contributed by atoms with Gasteiger partial charge in [0.25, 0.3) is 5.69 Å². The van der Waals surface area contributed by atoms with E-state index in [0.717, 1.165) is 0 Å². The zero-order valence-electron chi connectivity index (χ0n) is 13.1. The van der Waals surface area contributed by atoms with Crippen molar-refractivity contribution in [2.75, 3.05) is 13.2 Å². The largest absolute Gasteiger partial charge is 0.490 e. The van der Waals surface area contributed by atoms with Crippen LogP contribution in [0.4, 0.5) is 10.5 Å². The molecule has 0 unspecified atom stereocenters. The normalized spacial score (nSPS) is 10.4. The standard InChI is InChI=1S/C16H16N4O5/c17-16(21)19-18-11-12-3-1-2-4-15(12)25-10-9-24-14-7-5-13(6-8-14)20(22)23/h1-8,11H,9-10H2,(H3,17,19,21)/b18-11-. The number of nitrogens with one attached hydrogen (secondary N) is 1. The van der Waals surface area contributed by atoms with Crippen molar-refractivity contribution in [1.82, 2.24) is 5.43 Å². The maximum absolute atomic E-state index is 10.6. The van der Waals surface area contributed by atoms with Gasteiger partial charge in [-0.15, -0.1) is 0 Å². The summed E-state index contributed by atoms with van der Waals surface area (Å²) in [5.74, 6) is 1.07. The van der Waals surface area contributed by atoms with Gasteiger partial charge in [0.1, 0.15) is 24.7 Å². The second-order valence-electron chi connectivity index (χ2n) is 4.72. The lowest BCUT2D eigenvalue weighted by Crippen LogP contribution is -2.24. The second-order valence-corrected chi connectivity index (χ2v) is 4.72. The first-order valence-corrected chi connectivity index (χ1v) is 7.24. The van der Waals surface area contributed by atoms with Gasteiger partial charge in [-0.1, -0.05) is 12.1 Å². The highest BCUT2D eigenvalue weighted by atomic mass is 16.6. The fraction of sp³-hybridized carbons (Fsp3) is 0.125. The van der Waals surface area contributed by atoms with E-state index in [9.17, 15) is 14.9 Å². The number of para-hydroxylation sites is 1. The van der Waals surface area contributed by atoms with E-state index < -0.39 is 11.0 Å². The van der Waals surface area contributed by atoms with Gasteiger partial charge in [-0.3, -0.25) is 10.1 Å². The number of hydrogen-bond acceptors (Lipinski definition) is 6. The van der Waals surface area contributed by atoms with Gasteiger partial charge < -0.3 is 15.2 Å². The van der Waals surface area contributed by atoms with Crippen molar-refractivity contribution in [2.45, 2.75) is 0 Å². The molecule has 2 aromatic carbocycles. The highest BCUT2D eigenvalue weighted by molar-refractivity contribution is 5.84. The molecule has 2 amide bonds. The molecule has 25 heavy (non-hydrogen) atoms. The number of carbonyl (C=O) groups excluding carboxylic acids is 1. The minimum atomic E-state index is -0.758. The molecule has 0 aliphatic rings. The molecule has 0 atom stereocenters. The van der Waals surface area contributed by atoms with Crippen LogP contribution in [0.15, 0.2) is 53.6 Å². The zero-order chi connectivity index (χ0) is 18.1. The van der Waals surface area contributed by atoms with Gasteiger partial charge in [0.2, 0.25) is 0 Å². The molecule has 0 spiro atoms. The fourth-order valence-corrected chi connectivity index (χ4v) is 1.86. The first-order chi connectivity index (χ1) is 12.1. The Morgan fingerprint density at radius 1 is 1.16 bits per heavy atom. The van der Waals surface area contributed by atoms with Crippen molar-refractivity contribution in [3.8, 4) is 11.5 Å². The number of urea groups is 1. The van der Waals surface area contributed by atoms with E-state index in [0.29, 0.717) is 17.1 Å². The predicted octanol–water partition coefficient (Wildman–Crippen LogP) is 2.05. The number of nitrogens with two attached hydrogens (primary N) is 1. The molecule has 130 valence electrons. The number of hydrazone groups is 1. The van der Waals surface area contributed by atoms with Gasteiger partial charge >= 0.3 is 6.03 Å². The number of rotatable bonds is 8. The van der Waals surface area contributed by atoms with Crippen molar-refractivity contribution >= 4 is 17.9 Å². The summed E-state index contributed by atoms with van der Waals surface area (Å²) in [7, 11) is 0. The van der Waals surface area contributed by atoms with Crippen molar-refractivity contribution in [3.05, 3.63) is 64.2 Å². The Morgan fingerprint density at radius 2 is 1.84 bits per heavy atom. The van der Waals surface area contributed by atoms with E-state index in [1.807, 2.05) is 0 Å². The average Bonchev–Trinajstić information content (AvgIpc) is 2.60. The first-order valence-electron chi connectivity index (χ1n) is 7.24. The Kier molecular flexibility index (Phi) is 6.29. The maximum atomic E-state index is 10.6. The van der Waals surface area contributed by atoms with E-state index in [1.54, 1.807) is 24.3 Å². The summed E-state index contributed by atoms with van der Waals surface area (Å²) in [4.78, 5) is 20.7. The van der Waals surface area contributed by atoms with Crippen LogP contribution in [0.25, 0.3) is 0 Å². The Bertz CT molecular complexity index is 761. The van der Waals surface area contributed by atoms with E-state index in [-0.39, 0.29) is 18.9 Å². The Hall–Kier alpha value is -3.62. The van der Waals surface area contributed by atoms with Crippen molar-refractivity contribution < 1.29 is 19.2 Å². The third-order valence-electron chi connectivity index (χ3n) is 2.95. The molecule has 0 bridgehead atoms. The van der Waals surface area contributed by atoms with Gasteiger partial charge in [0.15, 0.2) is 0 Å². The topological polar surface area (TPSA) is 129 Å². The quantitative estimate of drug-likeness (QED) is 0.328. The second kappa shape index (κ2) is 8.87. The van der Waals surface area contributed by atoms with Crippen LogP contribution in [0.3, 0.4) is 0 Å². The van der Waals surface area contributed by atoms with Crippen molar-refractivity contribution in [3.63, 3.8) is 0 Å². The van der Waals surface area contributed by atoms with Crippen LogP contribution >= 0.6 is 0 Å². The summed E-state index contributed by atoms with van der Waals surface area (Å²) < 4.78 is 11.1. The number of nitro groups is 1. The monoisotopic (exact) mass is 344 g/mol. The van der Waals surface area contributed by atoms with Gasteiger partial charge in [0, 0.05) is 17.7 Å². The van der Waals surface area contributed by atoms with E-state index in [1.165, 1.54) is 30.5 Å². The van der Waals surface area contributed by atoms with Crippen LogP contribution in [0, 0.1) is 10.1 Å². The summed E-state index contributed by atoms with van der Waals surface area (Å²) in [6.45, 7) is 0.508. The van der Waals surface area contributed by atoms with Crippen LogP contribution in [0.5, 0.6) is 11.5 Å². The molecule has 9 nitrogen and oxygen atoms in total. The number of hydrogen-bond donors (Lipinski definition) is 2. The molecule has 2 aromatic rings. The molecule has 0 aliphatic heterocycles. The third kappa shape index (κ3) is 5.82. The Balaban J connectivity index is 1.84. The average molecular weight is 344 g/mol. The molecule has 0 aliphatic carbocycles. The summed E-state index contributed by atoms with van der Waals surface area (Å²) in [6.07, 6.45) is 1.41. The van der Waals surface area contributed by atoms with Gasteiger partial charge in [-0.2, -0.15) is 5.10 Å². The number of nitrogens with zero attached hydrogens (tertiary/aromatic N) is 2.